The van der Waals surface area contributed by atoms with Crippen LogP contribution in [0.4, 0.5) is 4.79 Å². The average Bonchev–Trinajstić information content (AvgIpc) is 3.21. The maximum atomic E-state index is 13.4. The molecule has 5 nitrogen and oxygen atoms in total. The van der Waals surface area contributed by atoms with Gasteiger partial charge in [-0.1, -0.05) is 65.7 Å². The van der Waals surface area contributed by atoms with Gasteiger partial charge in [0.05, 0.1) is 17.3 Å². The number of carbonyl (C=O) groups excluding carboxylic acids is 2. The Bertz CT molecular complexity index is 1330. The van der Waals surface area contributed by atoms with Crippen LogP contribution in [0.25, 0.3) is 5.69 Å². The predicted octanol–water partition coefficient (Wildman–Crippen LogP) is 6.75. The van der Waals surface area contributed by atoms with Crippen LogP contribution in [0.3, 0.4) is 0 Å². The van der Waals surface area contributed by atoms with Crippen molar-refractivity contribution in [3.05, 3.63) is 123 Å². The molecule has 0 atom stereocenters. The number of ketones is 1. The molecule has 0 saturated carbocycles. The van der Waals surface area contributed by atoms with Crippen LogP contribution < -0.4 is 5.32 Å². The number of amides is 1. The SMILES string of the molecule is Cc1ccn(-c2ccc(Cl)cc2C(=O)c2ccccc2Cl)c1CNC(=O)OCc1ccccc1. The zero-order chi connectivity index (χ0) is 24.1. The standard InChI is InChI=1S/C27H22Cl2N2O3/c1-18-13-14-31(25(18)16-30-27(33)34-17-19-7-3-2-4-8-19)24-12-11-20(28)15-22(24)26(32)21-9-5-6-10-23(21)29/h2-15H,16-17H2,1H3,(H,30,33). The lowest BCUT2D eigenvalue weighted by atomic mass is 10.0. The number of benzene rings is 3. The molecule has 34 heavy (non-hydrogen) atoms. The fraction of sp³-hybridized carbons (Fsp3) is 0.111. The van der Waals surface area contributed by atoms with E-state index >= 15 is 0 Å². The van der Waals surface area contributed by atoms with E-state index in [-0.39, 0.29) is 18.9 Å². The normalized spacial score (nSPS) is 10.7. The Morgan fingerprint density at radius 1 is 0.912 bits per heavy atom. The van der Waals surface area contributed by atoms with Crippen LogP contribution in [0.1, 0.15) is 32.7 Å². The first-order valence-corrected chi connectivity index (χ1v) is 11.4. The third-order valence-electron chi connectivity index (χ3n) is 5.41. The van der Waals surface area contributed by atoms with Gasteiger partial charge in [-0.3, -0.25) is 4.79 Å². The number of carbonyl (C=O) groups is 2. The Labute approximate surface area is 207 Å². The van der Waals surface area contributed by atoms with E-state index in [1.54, 1.807) is 42.5 Å². The molecule has 1 aromatic heterocycles. The summed E-state index contributed by atoms with van der Waals surface area (Å²) in [5, 5.41) is 3.60. The molecular weight excluding hydrogens is 471 g/mol. The topological polar surface area (TPSA) is 60.3 Å². The second-order valence-electron chi connectivity index (χ2n) is 7.70. The first-order chi connectivity index (χ1) is 16.4. The minimum Gasteiger partial charge on any atom is -0.445 e. The summed E-state index contributed by atoms with van der Waals surface area (Å²) in [5.74, 6) is -0.240. The molecule has 1 heterocycles. The summed E-state index contributed by atoms with van der Waals surface area (Å²) in [6, 6.07) is 23.4. The van der Waals surface area contributed by atoms with Gasteiger partial charge in [0.15, 0.2) is 5.78 Å². The highest BCUT2D eigenvalue weighted by Crippen LogP contribution is 2.28. The third kappa shape index (κ3) is 5.33. The molecule has 0 radical (unpaired) electrons. The van der Waals surface area contributed by atoms with Crippen molar-refractivity contribution >= 4 is 35.1 Å². The van der Waals surface area contributed by atoms with Crippen LogP contribution in [0.15, 0.2) is 85.1 Å². The monoisotopic (exact) mass is 492 g/mol. The summed E-state index contributed by atoms with van der Waals surface area (Å²) >= 11 is 12.5. The van der Waals surface area contributed by atoms with Gasteiger partial charge in [-0.15, -0.1) is 0 Å². The molecule has 0 aliphatic heterocycles. The molecule has 0 aliphatic carbocycles. The van der Waals surface area contributed by atoms with Crippen molar-refractivity contribution < 1.29 is 14.3 Å². The summed E-state index contributed by atoms with van der Waals surface area (Å²) in [4.78, 5) is 25.7. The molecule has 3 aromatic carbocycles. The van der Waals surface area contributed by atoms with Gasteiger partial charge in [0.2, 0.25) is 0 Å². The summed E-state index contributed by atoms with van der Waals surface area (Å²) in [5.41, 5.74) is 4.10. The Morgan fingerprint density at radius 3 is 2.41 bits per heavy atom. The summed E-state index contributed by atoms with van der Waals surface area (Å²) in [6.45, 7) is 2.34. The van der Waals surface area contributed by atoms with Crippen molar-refractivity contribution in [1.29, 1.82) is 0 Å². The zero-order valence-corrected chi connectivity index (χ0v) is 19.9. The molecular formula is C27H22Cl2N2O3. The third-order valence-corrected chi connectivity index (χ3v) is 5.98. The molecule has 1 N–H and O–H groups in total. The second kappa shape index (κ2) is 10.6. The highest BCUT2D eigenvalue weighted by molar-refractivity contribution is 6.35. The maximum Gasteiger partial charge on any atom is 0.407 e. The molecule has 4 rings (SSSR count). The Hall–Kier alpha value is -3.54. The van der Waals surface area contributed by atoms with Crippen molar-refractivity contribution in [1.82, 2.24) is 9.88 Å². The van der Waals surface area contributed by atoms with E-state index in [1.165, 1.54) is 0 Å². The average molecular weight is 493 g/mol. The quantitative estimate of drug-likeness (QED) is 0.290. The number of nitrogens with one attached hydrogen (secondary N) is 1. The van der Waals surface area contributed by atoms with Crippen molar-refractivity contribution in [2.45, 2.75) is 20.1 Å². The molecule has 4 aromatic rings. The van der Waals surface area contributed by atoms with E-state index in [1.807, 2.05) is 54.1 Å². The van der Waals surface area contributed by atoms with Gasteiger partial charge in [0.25, 0.3) is 0 Å². The molecule has 0 fully saturated rings. The molecule has 0 spiro atoms. The minimum absolute atomic E-state index is 0.181. The Kier molecular flexibility index (Phi) is 7.36. The predicted molar refractivity (Wildman–Crippen MR) is 134 cm³/mol. The van der Waals surface area contributed by atoms with Crippen LogP contribution in [-0.2, 0) is 17.9 Å². The molecule has 172 valence electrons. The molecule has 7 heteroatoms. The lowest BCUT2D eigenvalue weighted by Crippen LogP contribution is -2.25. The Balaban J connectivity index is 1.57. The van der Waals surface area contributed by atoms with Crippen LogP contribution in [0.5, 0.6) is 0 Å². The Morgan fingerprint density at radius 2 is 1.65 bits per heavy atom. The first kappa shape index (κ1) is 23.6. The lowest BCUT2D eigenvalue weighted by molar-refractivity contribution is 0.103. The number of hydrogen-bond donors (Lipinski definition) is 1. The smallest absolute Gasteiger partial charge is 0.407 e. The molecule has 0 unspecified atom stereocenters. The molecule has 0 saturated heterocycles. The van der Waals surface area contributed by atoms with Gasteiger partial charge in [-0.25, -0.2) is 4.79 Å². The van der Waals surface area contributed by atoms with Crippen LogP contribution in [-0.4, -0.2) is 16.4 Å². The molecule has 0 aliphatic rings. The van der Waals surface area contributed by atoms with Gasteiger partial charge in [0, 0.05) is 28.0 Å². The summed E-state index contributed by atoms with van der Waals surface area (Å²) in [7, 11) is 0. The van der Waals surface area contributed by atoms with E-state index < -0.39 is 6.09 Å². The van der Waals surface area contributed by atoms with Crippen molar-refractivity contribution in [2.75, 3.05) is 0 Å². The largest absolute Gasteiger partial charge is 0.445 e. The first-order valence-electron chi connectivity index (χ1n) is 10.6. The van der Waals surface area contributed by atoms with Crippen molar-refractivity contribution in [3.63, 3.8) is 0 Å². The van der Waals surface area contributed by atoms with Gasteiger partial charge in [-0.2, -0.15) is 0 Å². The van der Waals surface area contributed by atoms with Gasteiger partial charge >= 0.3 is 6.09 Å². The number of alkyl carbamates (subject to hydrolysis) is 1. The van der Waals surface area contributed by atoms with Crippen LogP contribution in [0.2, 0.25) is 10.0 Å². The highest BCUT2D eigenvalue weighted by Gasteiger charge is 2.20. The van der Waals surface area contributed by atoms with Gasteiger partial charge < -0.3 is 14.6 Å². The summed E-state index contributed by atoms with van der Waals surface area (Å²) < 4.78 is 7.18. The number of rotatable bonds is 7. The number of aryl methyl sites for hydroxylation is 1. The van der Waals surface area contributed by atoms with Crippen molar-refractivity contribution in [3.8, 4) is 5.69 Å². The summed E-state index contributed by atoms with van der Waals surface area (Å²) in [6.07, 6.45) is 1.33. The minimum atomic E-state index is -0.528. The number of halogens is 2. The van der Waals surface area contributed by atoms with E-state index in [9.17, 15) is 9.59 Å². The number of ether oxygens (including phenoxy) is 1. The fourth-order valence-corrected chi connectivity index (χ4v) is 4.03. The van der Waals surface area contributed by atoms with Crippen LogP contribution in [0, 0.1) is 6.92 Å². The van der Waals surface area contributed by atoms with Crippen molar-refractivity contribution in [2.24, 2.45) is 0 Å². The molecule has 0 bridgehead atoms. The van der Waals surface area contributed by atoms with Gasteiger partial charge in [0.1, 0.15) is 6.61 Å². The fourth-order valence-electron chi connectivity index (χ4n) is 3.63. The maximum absolute atomic E-state index is 13.4. The zero-order valence-electron chi connectivity index (χ0n) is 18.4. The number of aromatic nitrogens is 1. The van der Waals surface area contributed by atoms with E-state index in [0.717, 1.165) is 16.8 Å². The van der Waals surface area contributed by atoms with Crippen LogP contribution >= 0.6 is 23.2 Å². The number of hydrogen-bond acceptors (Lipinski definition) is 3. The van der Waals surface area contributed by atoms with Gasteiger partial charge in [-0.05, 0) is 54.4 Å². The second-order valence-corrected chi connectivity index (χ2v) is 8.54. The van der Waals surface area contributed by atoms with E-state index in [2.05, 4.69) is 5.32 Å². The lowest BCUT2D eigenvalue weighted by Gasteiger charge is -2.16. The highest BCUT2D eigenvalue weighted by atomic mass is 35.5. The van der Waals surface area contributed by atoms with E-state index in [4.69, 9.17) is 27.9 Å². The van der Waals surface area contributed by atoms with E-state index in [0.29, 0.717) is 26.9 Å². The molecule has 1 amide bonds. The number of nitrogens with zero attached hydrogens (tertiary/aromatic N) is 1.